The fourth-order valence-corrected chi connectivity index (χ4v) is 3.60. The van der Waals surface area contributed by atoms with Crippen molar-refractivity contribution in [3.63, 3.8) is 0 Å². The maximum Gasteiger partial charge on any atom is 0.341 e. The number of benzene rings is 1. The third-order valence-electron chi connectivity index (χ3n) is 3.19. The zero-order chi connectivity index (χ0) is 21.0. The van der Waals surface area contributed by atoms with Gasteiger partial charge in [-0.3, -0.25) is 19.3 Å². The average Bonchev–Trinajstić information content (AvgIpc) is 2.80. The summed E-state index contributed by atoms with van der Waals surface area (Å²) in [7, 11) is 0. The third kappa shape index (κ3) is 5.63. The number of esters is 1. The second-order valence-electron chi connectivity index (χ2n) is 5.80. The minimum atomic E-state index is -1.19. The molecule has 0 aliphatic carbocycles. The molecule has 1 fully saturated rings. The van der Waals surface area contributed by atoms with Crippen molar-refractivity contribution in [1.29, 1.82) is 0 Å². The smallest absolute Gasteiger partial charge is 0.341 e. The highest BCUT2D eigenvalue weighted by atomic mass is 35.5. The van der Waals surface area contributed by atoms with Crippen LogP contribution in [0.25, 0.3) is 6.08 Å². The average molecular weight is 448 g/mol. The Morgan fingerprint density at radius 1 is 1.25 bits per heavy atom. The van der Waals surface area contributed by atoms with Crippen LogP contribution in [0.5, 0.6) is 5.75 Å². The Kier molecular flexibility index (Phi) is 7.34. The first-order chi connectivity index (χ1) is 13.1. The van der Waals surface area contributed by atoms with Gasteiger partial charge in [-0.2, -0.15) is 0 Å². The van der Waals surface area contributed by atoms with Crippen LogP contribution >= 0.6 is 35.0 Å². The van der Waals surface area contributed by atoms with Gasteiger partial charge in [0.2, 0.25) is 0 Å². The zero-order valence-corrected chi connectivity index (χ0v) is 17.1. The minimum Gasteiger partial charge on any atom is -0.479 e. The lowest BCUT2D eigenvalue weighted by Gasteiger charge is -2.13. The summed E-state index contributed by atoms with van der Waals surface area (Å²) in [6.45, 7) is 2.21. The Labute approximate surface area is 174 Å². The van der Waals surface area contributed by atoms with Gasteiger partial charge in [0.15, 0.2) is 12.4 Å². The van der Waals surface area contributed by atoms with E-state index in [0.717, 1.165) is 4.90 Å². The standard InChI is InChI=1S/C17H15Cl2NO7S/c1-8(2)27-14(23)6-20-16(24)12(28-17(20)25)5-9-3-10(18)15(11(19)4-9)26-7-13(21)22/h3-5,8H,6-7H2,1-2H3,(H,21,22)/b12-5-. The Hall–Kier alpha value is -2.23. The number of thioether (sulfide) groups is 1. The molecule has 2 amide bonds. The normalized spacial score (nSPS) is 15.5. The van der Waals surface area contributed by atoms with Crippen LogP contribution in [-0.2, 0) is 19.1 Å². The van der Waals surface area contributed by atoms with Crippen molar-refractivity contribution in [2.45, 2.75) is 20.0 Å². The SMILES string of the molecule is CC(C)OC(=O)CN1C(=O)S/C(=C\c2cc(Cl)c(OCC(=O)O)c(Cl)c2)C1=O. The molecule has 8 nitrogen and oxygen atoms in total. The van der Waals surface area contributed by atoms with Gasteiger partial charge >= 0.3 is 11.9 Å². The second-order valence-corrected chi connectivity index (χ2v) is 7.61. The quantitative estimate of drug-likeness (QED) is 0.499. The molecule has 0 unspecified atom stereocenters. The number of carbonyl (C=O) groups excluding carboxylic acids is 3. The van der Waals surface area contributed by atoms with Crippen molar-refractivity contribution in [3.05, 3.63) is 32.6 Å². The molecule has 1 aliphatic heterocycles. The topological polar surface area (TPSA) is 110 Å². The van der Waals surface area contributed by atoms with Gasteiger partial charge in [-0.1, -0.05) is 23.2 Å². The number of carboxylic acids is 1. The summed E-state index contributed by atoms with van der Waals surface area (Å²) in [5.74, 6) is -2.54. The number of ether oxygens (including phenoxy) is 2. The van der Waals surface area contributed by atoms with Gasteiger partial charge in [0, 0.05) is 0 Å². The maximum absolute atomic E-state index is 12.4. The molecule has 0 bridgehead atoms. The van der Waals surface area contributed by atoms with Crippen LogP contribution in [0.3, 0.4) is 0 Å². The molecule has 0 aromatic heterocycles. The van der Waals surface area contributed by atoms with E-state index >= 15 is 0 Å². The Balaban J connectivity index is 2.19. The monoisotopic (exact) mass is 447 g/mol. The summed E-state index contributed by atoms with van der Waals surface area (Å²) in [5, 5.41) is 8.14. The van der Waals surface area contributed by atoms with E-state index in [1.165, 1.54) is 18.2 Å². The summed E-state index contributed by atoms with van der Waals surface area (Å²) < 4.78 is 9.96. The summed E-state index contributed by atoms with van der Waals surface area (Å²) in [6.07, 6.45) is 1.02. The van der Waals surface area contributed by atoms with Crippen molar-refractivity contribution in [2.24, 2.45) is 0 Å². The van der Waals surface area contributed by atoms with E-state index in [0.29, 0.717) is 17.3 Å². The van der Waals surface area contributed by atoms with Crippen molar-refractivity contribution in [1.82, 2.24) is 4.90 Å². The molecule has 1 aromatic carbocycles. The molecule has 0 atom stereocenters. The molecule has 150 valence electrons. The van der Waals surface area contributed by atoms with Crippen LogP contribution in [0.15, 0.2) is 17.0 Å². The molecule has 1 aromatic rings. The summed E-state index contributed by atoms with van der Waals surface area (Å²) in [4.78, 5) is 47.6. The van der Waals surface area contributed by atoms with Crippen LogP contribution in [0.1, 0.15) is 19.4 Å². The number of nitrogens with zero attached hydrogens (tertiary/aromatic N) is 1. The molecule has 1 N–H and O–H groups in total. The van der Waals surface area contributed by atoms with Crippen LogP contribution in [-0.4, -0.2) is 52.3 Å². The molecule has 11 heteroatoms. The summed E-state index contributed by atoms with van der Waals surface area (Å²) in [5.41, 5.74) is 0.396. The van der Waals surface area contributed by atoms with E-state index in [1.807, 2.05) is 0 Å². The van der Waals surface area contributed by atoms with Gasteiger partial charge < -0.3 is 14.6 Å². The van der Waals surface area contributed by atoms with Crippen molar-refractivity contribution in [3.8, 4) is 5.75 Å². The first-order valence-electron chi connectivity index (χ1n) is 7.87. The van der Waals surface area contributed by atoms with Gasteiger partial charge in [0.05, 0.1) is 21.1 Å². The van der Waals surface area contributed by atoms with E-state index < -0.39 is 36.2 Å². The van der Waals surface area contributed by atoms with E-state index in [-0.39, 0.29) is 26.8 Å². The molecular weight excluding hydrogens is 433 g/mol. The summed E-state index contributed by atoms with van der Waals surface area (Å²) >= 11 is 12.8. The van der Waals surface area contributed by atoms with Crippen LogP contribution in [0, 0.1) is 0 Å². The molecule has 0 radical (unpaired) electrons. The number of aliphatic carboxylic acids is 1. The number of carbonyl (C=O) groups is 4. The Morgan fingerprint density at radius 2 is 1.86 bits per heavy atom. The fourth-order valence-electron chi connectivity index (χ4n) is 2.15. The predicted octanol–water partition coefficient (Wildman–Crippen LogP) is 3.44. The molecule has 2 rings (SSSR count). The lowest BCUT2D eigenvalue weighted by molar-refractivity contribution is -0.149. The van der Waals surface area contributed by atoms with Crippen molar-refractivity contribution >= 4 is 64.1 Å². The fraction of sp³-hybridized carbons (Fsp3) is 0.294. The lowest BCUT2D eigenvalue weighted by atomic mass is 10.2. The number of carboxylic acid groups (broad SMARTS) is 1. The van der Waals surface area contributed by atoms with Gasteiger partial charge in [-0.15, -0.1) is 0 Å². The molecule has 28 heavy (non-hydrogen) atoms. The third-order valence-corrected chi connectivity index (χ3v) is 4.66. The van der Waals surface area contributed by atoms with E-state index in [9.17, 15) is 19.2 Å². The molecule has 0 spiro atoms. The predicted molar refractivity (Wildman–Crippen MR) is 103 cm³/mol. The molecular formula is C17H15Cl2NO7S. The van der Waals surface area contributed by atoms with Crippen LogP contribution in [0.4, 0.5) is 4.79 Å². The molecule has 1 aliphatic rings. The van der Waals surface area contributed by atoms with Gasteiger partial charge in [0.1, 0.15) is 6.54 Å². The molecule has 0 saturated carbocycles. The van der Waals surface area contributed by atoms with Gasteiger partial charge in [-0.25, -0.2) is 4.79 Å². The zero-order valence-electron chi connectivity index (χ0n) is 14.7. The van der Waals surface area contributed by atoms with E-state index in [2.05, 4.69) is 0 Å². The van der Waals surface area contributed by atoms with Gasteiger partial charge in [-0.05, 0) is 49.4 Å². The number of halogens is 2. The maximum atomic E-state index is 12.4. The Morgan fingerprint density at radius 3 is 2.39 bits per heavy atom. The van der Waals surface area contributed by atoms with E-state index in [1.54, 1.807) is 13.8 Å². The van der Waals surface area contributed by atoms with Crippen molar-refractivity contribution in [2.75, 3.05) is 13.2 Å². The van der Waals surface area contributed by atoms with Crippen molar-refractivity contribution < 1.29 is 33.8 Å². The number of hydrogen-bond acceptors (Lipinski definition) is 7. The highest BCUT2D eigenvalue weighted by molar-refractivity contribution is 8.18. The second kappa shape index (κ2) is 9.31. The Bertz CT molecular complexity index is 846. The number of hydrogen-bond donors (Lipinski definition) is 1. The van der Waals surface area contributed by atoms with E-state index in [4.69, 9.17) is 37.8 Å². The number of amides is 2. The number of rotatable bonds is 7. The number of imide groups is 1. The minimum absolute atomic E-state index is 0.00702. The largest absolute Gasteiger partial charge is 0.479 e. The lowest BCUT2D eigenvalue weighted by Crippen LogP contribution is -2.35. The highest BCUT2D eigenvalue weighted by Crippen LogP contribution is 2.37. The summed E-state index contributed by atoms with van der Waals surface area (Å²) in [6, 6.07) is 2.82. The molecule has 1 heterocycles. The van der Waals surface area contributed by atoms with Crippen LogP contribution < -0.4 is 4.74 Å². The van der Waals surface area contributed by atoms with Gasteiger partial charge in [0.25, 0.3) is 11.1 Å². The first kappa shape index (κ1) is 22.1. The molecule has 1 saturated heterocycles. The highest BCUT2D eigenvalue weighted by Gasteiger charge is 2.36. The first-order valence-corrected chi connectivity index (χ1v) is 9.44. The van der Waals surface area contributed by atoms with Crippen LogP contribution in [0.2, 0.25) is 10.0 Å².